The van der Waals surface area contributed by atoms with Gasteiger partial charge in [-0.05, 0) is 23.8 Å². The average Bonchev–Trinajstić information content (AvgIpc) is 2.34. The lowest BCUT2D eigenvalue weighted by Crippen LogP contribution is -1.91. The van der Waals surface area contributed by atoms with Crippen molar-refractivity contribution in [1.82, 2.24) is 4.98 Å². The van der Waals surface area contributed by atoms with E-state index in [0.29, 0.717) is 31.8 Å². The zero-order chi connectivity index (χ0) is 13.3. The van der Waals surface area contributed by atoms with Gasteiger partial charge in [0.05, 0.1) is 16.7 Å². The molecule has 0 spiro atoms. The predicted molar refractivity (Wildman–Crippen MR) is 75.6 cm³/mol. The molecule has 2 nitrogen and oxygen atoms in total. The maximum Gasteiger partial charge on any atom is 0.136 e. The molecule has 1 N–H and O–H groups in total. The fourth-order valence-corrected chi connectivity index (χ4v) is 2.43. The van der Waals surface area contributed by atoms with Crippen molar-refractivity contribution in [3.63, 3.8) is 0 Å². The summed E-state index contributed by atoms with van der Waals surface area (Å²) in [5.41, 5.74) is 1.79. The highest BCUT2D eigenvalue weighted by molar-refractivity contribution is 6.45. The monoisotopic (exact) mass is 321 g/mol. The number of hydrogen-bond donors (Lipinski definition) is 1. The van der Waals surface area contributed by atoms with E-state index in [1.165, 1.54) is 6.20 Å². The molecule has 0 aliphatic rings. The number of aliphatic hydroxyl groups excluding tert-OH is 1. The Balaban J connectivity index is 2.68. The lowest BCUT2D eigenvalue weighted by atomic mass is 10.1. The topological polar surface area (TPSA) is 33.1 Å². The second kappa shape index (κ2) is 5.64. The summed E-state index contributed by atoms with van der Waals surface area (Å²) in [6.45, 7) is -0.136. The third kappa shape index (κ3) is 2.73. The number of benzene rings is 1. The Bertz CT molecular complexity index is 601. The van der Waals surface area contributed by atoms with Crippen molar-refractivity contribution in [2.45, 2.75) is 6.61 Å². The first kappa shape index (κ1) is 13.9. The summed E-state index contributed by atoms with van der Waals surface area (Å²) >= 11 is 24.1. The Morgan fingerprint density at radius 1 is 1.00 bits per heavy atom. The quantitative estimate of drug-likeness (QED) is 0.633. The van der Waals surface area contributed by atoms with E-state index in [0.717, 1.165) is 0 Å². The predicted octanol–water partition coefficient (Wildman–Crippen LogP) is 4.85. The van der Waals surface area contributed by atoms with Gasteiger partial charge in [0.25, 0.3) is 0 Å². The van der Waals surface area contributed by atoms with E-state index in [9.17, 15) is 0 Å². The van der Waals surface area contributed by atoms with Crippen molar-refractivity contribution < 1.29 is 5.11 Å². The SMILES string of the molecule is OCc1cnc(Cl)c(-c2cc(Cl)cc(Cl)c2Cl)c1. The van der Waals surface area contributed by atoms with Gasteiger partial charge in [0.15, 0.2) is 0 Å². The van der Waals surface area contributed by atoms with Crippen LogP contribution in [0.25, 0.3) is 11.1 Å². The van der Waals surface area contributed by atoms with E-state index < -0.39 is 0 Å². The van der Waals surface area contributed by atoms with E-state index in [1.807, 2.05) is 0 Å². The molecule has 0 unspecified atom stereocenters. The molecule has 6 heteroatoms. The Kier molecular flexibility index (Phi) is 4.36. The second-order valence-corrected chi connectivity index (χ2v) is 5.17. The lowest BCUT2D eigenvalue weighted by molar-refractivity contribution is 0.281. The summed E-state index contributed by atoms with van der Waals surface area (Å²) < 4.78 is 0. The molecule has 0 fully saturated rings. The molecule has 0 amide bonds. The van der Waals surface area contributed by atoms with Crippen LogP contribution in [0.4, 0.5) is 0 Å². The summed E-state index contributed by atoms with van der Waals surface area (Å²) in [6, 6.07) is 4.90. The van der Waals surface area contributed by atoms with Crippen LogP contribution in [0.15, 0.2) is 24.4 Å². The number of aliphatic hydroxyl groups is 1. The van der Waals surface area contributed by atoms with E-state index in [4.69, 9.17) is 51.5 Å². The van der Waals surface area contributed by atoms with Crippen molar-refractivity contribution in [2.75, 3.05) is 0 Å². The number of aromatic nitrogens is 1. The van der Waals surface area contributed by atoms with Crippen molar-refractivity contribution in [3.8, 4) is 11.1 Å². The van der Waals surface area contributed by atoms with Gasteiger partial charge in [-0.25, -0.2) is 4.98 Å². The van der Waals surface area contributed by atoms with Crippen molar-refractivity contribution in [2.24, 2.45) is 0 Å². The van der Waals surface area contributed by atoms with E-state index >= 15 is 0 Å². The number of halogens is 4. The van der Waals surface area contributed by atoms with Crippen LogP contribution in [0.3, 0.4) is 0 Å². The van der Waals surface area contributed by atoms with Crippen LogP contribution in [0.2, 0.25) is 20.2 Å². The van der Waals surface area contributed by atoms with Gasteiger partial charge in [-0.2, -0.15) is 0 Å². The Morgan fingerprint density at radius 2 is 1.72 bits per heavy atom. The molecule has 2 aromatic rings. The van der Waals surface area contributed by atoms with Crippen LogP contribution in [-0.2, 0) is 6.61 Å². The molecular formula is C12H7Cl4NO. The minimum Gasteiger partial charge on any atom is -0.392 e. The van der Waals surface area contributed by atoms with E-state index in [-0.39, 0.29) is 11.8 Å². The zero-order valence-electron chi connectivity index (χ0n) is 8.92. The average molecular weight is 323 g/mol. The first-order chi connectivity index (χ1) is 8.52. The van der Waals surface area contributed by atoms with Crippen LogP contribution >= 0.6 is 46.4 Å². The van der Waals surface area contributed by atoms with Gasteiger partial charge in [0.1, 0.15) is 5.15 Å². The summed E-state index contributed by atoms with van der Waals surface area (Å²) in [4.78, 5) is 3.99. The molecule has 1 heterocycles. The van der Waals surface area contributed by atoms with Crippen LogP contribution in [0, 0.1) is 0 Å². The third-order valence-electron chi connectivity index (χ3n) is 2.36. The largest absolute Gasteiger partial charge is 0.392 e. The number of hydrogen-bond acceptors (Lipinski definition) is 2. The minimum atomic E-state index is -0.136. The van der Waals surface area contributed by atoms with Crippen molar-refractivity contribution >= 4 is 46.4 Å². The molecular weight excluding hydrogens is 316 g/mol. The van der Waals surface area contributed by atoms with Crippen molar-refractivity contribution in [1.29, 1.82) is 0 Å². The number of rotatable bonds is 2. The van der Waals surface area contributed by atoms with Crippen molar-refractivity contribution in [3.05, 3.63) is 50.2 Å². The number of nitrogens with zero attached hydrogens (tertiary/aromatic N) is 1. The Hall–Kier alpha value is -0.510. The van der Waals surface area contributed by atoms with Crippen LogP contribution in [-0.4, -0.2) is 10.1 Å². The van der Waals surface area contributed by atoms with Gasteiger partial charge >= 0.3 is 0 Å². The summed E-state index contributed by atoms with van der Waals surface area (Å²) in [7, 11) is 0. The molecule has 0 aliphatic heterocycles. The molecule has 94 valence electrons. The van der Waals surface area contributed by atoms with Gasteiger partial charge in [-0.1, -0.05) is 46.4 Å². The van der Waals surface area contributed by atoms with Gasteiger partial charge in [-0.3, -0.25) is 0 Å². The standard InChI is InChI=1S/C12H7Cl4NO/c13-7-2-8(11(15)10(14)3-7)9-1-6(5-18)4-17-12(9)16/h1-4,18H,5H2. The van der Waals surface area contributed by atoms with Gasteiger partial charge in [-0.15, -0.1) is 0 Å². The molecule has 2 rings (SSSR count). The van der Waals surface area contributed by atoms with Gasteiger partial charge in [0.2, 0.25) is 0 Å². The summed E-state index contributed by atoms with van der Waals surface area (Å²) in [6.07, 6.45) is 1.49. The molecule has 0 radical (unpaired) electrons. The maximum absolute atomic E-state index is 9.11. The summed E-state index contributed by atoms with van der Waals surface area (Å²) in [5.74, 6) is 0. The normalized spacial score (nSPS) is 10.7. The number of pyridine rings is 1. The van der Waals surface area contributed by atoms with E-state index in [1.54, 1.807) is 18.2 Å². The highest BCUT2D eigenvalue weighted by Gasteiger charge is 2.13. The van der Waals surface area contributed by atoms with Crippen LogP contribution in [0.5, 0.6) is 0 Å². The van der Waals surface area contributed by atoms with Gasteiger partial charge in [0, 0.05) is 22.3 Å². The third-order valence-corrected chi connectivity index (χ3v) is 3.68. The molecule has 1 aromatic heterocycles. The molecule has 0 atom stereocenters. The first-order valence-electron chi connectivity index (χ1n) is 4.93. The molecule has 1 aromatic carbocycles. The highest BCUT2D eigenvalue weighted by atomic mass is 35.5. The zero-order valence-corrected chi connectivity index (χ0v) is 11.9. The Morgan fingerprint density at radius 3 is 2.39 bits per heavy atom. The van der Waals surface area contributed by atoms with E-state index in [2.05, 4.69) is 4.98 Å². The fraction of sp³-hybridized carbons (Fsp3) is 0.0833. The fourth-order valence-electron chi connectivity index (χ4n) is 1.52. The highest BCUT2D eigenvalue weighted by Crippen LogP contribution is 2.38. The summed E-state index contributed by atoms with van der Waals surface area (Å²) in [5, 5.41) is 10.5. The second-order valence-electron chi connectivity index (χ2n) is 3.59. The Labute approximate surface area is 124 Å². The molecule has 18 heavy (non-hydrogen) atoms. The first-order valence-corrected chi connectivity index (χ1v) is 6.44. The molecule has 0 bridgehead atoms. The van der Waals surface area contributed by atoms with Crippen LogP contribution in [0.1, 0.15) is 5.56 Å². The maximum atomic E-state index is 9.11. The molecule has 0 saturated carbocycles. The molecule has 0 saturated heterocycles. The lowest BCUT2D eigenvalue weighted by Gasteiger charge is -2.09. The minimum absolute atomic E-state index is 0.136. The van der Waals surface area contributed by atoms with Gasteiger partial charge < -0.3 is 5.11 Å². The smallest absolute Gasteiger partial charge is 0.136 e. The molecule has 0 aliphatic carbocycles. The van der Waals surface area contributed by atoms with Crippen LogP contribution < -0.4 is 0 Å².